The van der Waals surface area contributed by atoms with Gasteiger partial charge in [-0.1, -0.05) is 53.8 Å². The van der Waals surface area contributed by atoms with Crippen molar-refractivity contribution in [2.45, 2.75) is 25.3 Å². The Labute approximate surface area is 195 Å². The third kappa shape index (κ3) is 4.50. The van der Waals surface area contributed by atoms with Crippen LogP contribution in [-0.4, -0.2) is 33.6 Å². The number of hydrogen-bond donors (Lipinski definition) is 1. The monoisotopic (exact) mass is 459 g/mol. The van der Waals surface area contributed by atoms with E-state index in [1.54, 1.807) is 29.7 Å². The fourth-order valence-electron chi connectivity index (χ4n) is 4.28. The van der Waals surface area contributed by atoms with E-state index in [9.17, 15) is 14.3 Å². The lowest BCUT2D eigenvalue weighted by Crippen LogP contribution is -2.31. The van der Waals surface area contributed by atoms with Gasteiger partial charge in [0.1, 0.15) is 5.82 Å². The molecule has 2 aromatic heterocycles. The quantitative estimate of drug-likeness (QED) is 0.376. The maximum Gasteiger partial charge on any atom is 0.305 e. The van der Waals surface area contributed by atoms with Crippen LogP contribution in [0.15, 0.2) is 73.1 Å². The Kier molecular flexibility index (Phi) is 5.88. The Morgan fingerprint density at radius 2 is 1.73 bits per heavy atom. The molecule has 5 nitrogen and oxygen atoms in total. The topological polar surface area (TPSA) is 66.3 Å². The van der Waals surface area contributed by atoms with Gasteiger partial charge in [-0.2, -0.15) is 0 Å². The molecule has 1 atom stereocenters. The lowest BCUT2D eigenvalue weighted by molar-refractivity contribution is -0.137. The van der Waals surface area contributed by atoms with E-state index in [-0.39, 0.29) is 18.3 Å². The molecule has 4 aromatic rings. The molecule has 33 heavy (non-hydrogen) atoms. The molecule has 0 bridgehead atoms. The molecule has 7 heteroatoms. The Morgan fingerprint density at radius 1 is 1.03 bits per heavy atom. The van der Waals surface area contributed by atoms with Crippen LogP contribution in [0.5, 0.6) is 0 Å². The van der Waals surface area contributed by atoms with Crippen molar-refractivity contribution in [1.82, 2.24) is 9.97 Å². The molecule has 1 saturated heterocycles. The van der Waals surface area contributed by atoms with Crippen molar-refractivity contribution in [3.8, 4) is 32.8 Å². The maximum absolute atomic E-state index is 13.3. The molecule has 1 N–H and O–H groups in total. The van der Waals surface area contributed by atoms with Crippen LogP contribution < -0.4 is 4.90 Å². The number of aliphatic carboxylic acids is 1. The number of pyridine rings is 1. The highest BCUT2D eigenvalue weighted by atomic mass is 32.1. The largest absolute Gasteiger partial charge is 0.481 e. The Bertz CT molecular complexity index is 1260. The van der Waals surface area contributed by atoms with Gasteiger partial charge in [-0.3, -0.25) is 9.78 Å². The number of carboxylic acids is 1. The fourth-order valence-corrected chi connectivity index (χ4v) is 5.46. The van der Waals surface area contributed by atoms with Crippen LogP contribution in [-0.2, 0) is 4.79 Å². The normalized spacial score (nSPS) is 15.7. The lowest BCUT2D eigenvalue weighted by atomic mass is 10.0. The van der Waals surface area contributed by atoms with E-state index in [0.717, 1.165) is 57.3 Å². The van der Waals surface area contributed by atoms with Crippen molar-refractivity contribution >= 4 is 22.4 Å². The van der Waals surface area contributed by atoms with Gasteiger partial charge >= 0.3 is 5.97 Å². The summed E-state index contributed by atoms with van der Waals surface area (Å²) in [6.07, 6.45) is 5.50. The van der Waals surface area contributed by atoms with Gasteiger partial charge in [-0.25, -0.2) is 9.37 Å². The highest BCUT2D eigenvalue weighted by Gasteiger charge is 2.30. The zero-order valence-electron chi connectivity index (χ0n) is 17.8. The third-order valence-electron chi connectivity index (χ3n) is 5.91. The second-order valence-electron chi connectivity index (χ2n) is 8.09. The van der Waals surface area contributed by atoms with Crippen LogP contribution in [0.2, 0.25) is 0 Å². The molecular formula is C26H22FN3O2S. The average Bonchev–Trinajstić information content (AvgIpc) is 3.47. The predicted molar refractivity (Wildman–Crippen MR) is 129 cm³/mol. The summed E-state index contributed by atoms with van der Waals surface area (Å²) in [6.45, 7) is 0.806. The molecule has 0 amide bonds. The number of anilines is 1. The zero-order valence-corrected chi connectivity index (χ0v) is 18.6. The number of halogens is 1. The van der Waals surface area contributed by atoms with Crippen LogP contribution in [0.4, 0.5) is 9.52 Å². The van der Waals surface area contributed by atoms with Crippen molar-refractivity contribution in [3.05, 3.63) is 78.9 Å². The van der Waals surface area contributed by atoms with Crippen molar-refractivity contribution in [2.24, 2.45) is 0 Å². The average molecular weight is 460 g/mol. The summed E-state index contributed by atoms with van der Waals surface area (Å²) >= 11 is 1.58. The van der Waals surface area contributed by atoms with Crippen LogP contribution in [0.25, 0.3) is 32.8 Å². The number of carbonyl (C=O) groups is 1. The van der Waals surface area contributed by atoms with E-state index in [2.05, 4.69) is 9.88 Å². The summed E-state index contributed by atoms with van der Waals surface area (Å²) in [5.74, 6) is -1.04. The van der Waals surface area contributed by atoms with Gasteiger partial charge in [0.05, 0.1) is 17.0 Å². The molecule has 1 unspecified atom stereocenters. The zero-order chi connectivity index (χ0) is 22.8. The summed E-state index contributed by atoms with van der Waals surface area (Å²) in [7, 11) is 0. The summed E-state index contributed by atoms with van der Waals surface area (Å²) < 4.78 is 13.3. The van der Waals surface area contributed by atoms with Gasteiger partial charge in [-0.05, 0) is 42.2 Å². The van der Waals surface area contributed by atoms with Crippen molar-refractivity contribution in [3.63, 3.8) is 0 Å². The minimum atomic E-state index is -0.785. The van der Waals surface area contributed by atoms with E-state index in [4.69, 9.17) is 4.98 Å². The summed E-state index contributed by atoms with van der Waals surface area (Å²) in [4.78, 5) is 23.7. The fraction of sp³-hybridized carbons (Fsp3) is 0.192. The molecule has 0 spiro atoms. The van der Waals surface area contributed by atoms with E-state index >= 15 is 0 Å². The number of nitrogens with zero attached hydrogens (tertiary/aromatic N) is 3. The molecule has 5 rings (SSSR count). The number of hydrogen-bond acceptors (Lipinski definition) is 5. The van der Waals surface area contributed by atoms with E-state index in [1.807, 2.05) is 42.6 Å². The second kappa shape index (κ2) is 9.11. The number of carboxylic acid groups (broad SMARTS) is 1. The highest BCUT2D eigenvalue weighted by Crippen LogP contribution is 2.42. The summed E-state index contributed by atoms with van der Waals surface area (Å²) in [5.41, 5.74) is 4.75. The summed E-state index contributed by atoms with van der Waals surface area (Å²) in [6, 6.07) is 18.4. The number of thiazole rings is 1. The van der Waals surface area contributed by atoms with Crippen molar-refractivity contribution < 1.29 is 14.3 Å². The van der Waals surface area contributed by atoms with E-state index < -0.39 is 5.97 Å². The first kappa shape index (κ1) is 21.3. The molecule has 1 aliphatic rings. The molecule has 0 radical (unpaired) electrons. The van der Waals surface area contributed by atoms with Crippen molar-refractivity contribution in [2.75, 3.05) is 11.4 Å². The molecular weight excluding hydrogens is 437 g/mol. The van der Waals surface area contributed by atoms with E-state index in [1.165, 1.54) is 12.1 Å². The van der Waals surface area contributed by atoms with Gasteiger partial charge in [-0.15, -0.1) is 0 Å². The molecule has 0 saturated carbocycles. The highest BCUT2D eigenvalue weighted by molar-refractivity contribution is 7.19. The van der Waals surface area contributed by atoms with Crippen LogP contribution >= 0.6 is 11.3 Å². The van der Waals surface area contributed by atoms with E-state index in [0.29, 0.717) is 0 Å². The Hall–Kier alpha value is -3.58. The summed E-state index contributed by atoms with van der Waals surface area (Å²) in [5, 5.41) is 10.2. The first-order valence-corrected chi connectivity index (χ1v) is 11.7. The molecule has 3 heterocycles. The smallest absolute Gasteiger partial charge is 0.305 e. The minimum Gasteiger partial charge on any atom is -0.481 e. The molecule has 2 aromatic carbocycles. The molecule has 1 aliphatic heterocycles. The van der Waals surface area contributed by atoms with Crippen molar-refractivity contribution in [1.29, 1.82) is 0 Å². The number of aromatic nitrogens is 2. The Balaban J connectivity index is 1.53. The van der Waals surface area contributed by atoms with Crippen LogP contribution in [0.3, 0.4) is 0 Å². The molecule has 0 aliphatic carbocycles. The van der Waals surface area contributed by atoms with Gasteiger partial charge < -0.3 is 10.0 Å². The van der Waals surface area contributed by atoms with Gasteiger partial charge in [0.2, 0.25) is 0 Å². The van der Waals surface area contributed by atoms with Crippen LogP contribution in [0.1, 0.15) is 19.3 Å². The van der Waals surface area contributed by atoms with Gasteiger partial charge in [0.25, 0.3) is 0 Å². The second-order valence-corrected chi connectivity index (χ2v) is 9.06. The van der Waals surface area contributed by atoms with Gasteiger partial charge in [0.15, 0.2) is 5.13 Å². The van der Waals surface area contributed by atoms with Gasteiger partial charge in [0, 0.05) is 36.1 Å². The maximum atomic E-state index is 13.3. The Morgan fingerprint density at radius 3 is 2.39 bits per heavy atom. The predicted octanol–water partition coefficient (Wildman–Crippen LogP) is 6.12. The minimum absolute atomic E-state index is 0.0379. The lowest BCUT2D eigenvalue weighted by Gasteiger charge is -2.22. The first-order chi connectivity index (χ1) is 16.1. The first-order valence-electron chi connectivity index (χ1n) is 10.8. The molecule has 166 valence electrons. The SMILES string of the molecule is O=C(O)CC1CCCN1c1nc(-c2ccc(-c3ccc(F)cc3)cc2)c(-c2cccnc2)s1. The van der Waals surface area contributed by atoms with Crippen LogP contribution in [0, 0.1) is 5.82 Å². The number of rotatable bonds is 6. The molecule has 1 fully saturated rings. The third-order valence-corrected chi connectivity index (χ3v) is 7.05. The number of benzene rings is 2. The standard InChI is InChI=1S/C26H22FN3O2S/c27-21-11-9-18(10-12-21)17-5-7-19(8-6-17)24-25(20-3-1-13-28-16-20)33-26(29-24)30-14-2-4-22(30)15-23(31)32/h1,3,5-13,16,22H,2,4,14-15H2,(H,31,32).